The van der Waals surface area contributed by atoms with Gasteiger partial charge in [-0.15, -0.1) is 0 Å². The summed E-state index contributed by atoms with van der Waals surface area (Å²) in [5, 5.41) is 9.71. The predicted octanol–water partition coefficient (Wildman–Crippen LogP) is 5.11. The Kier molecular flexibility index (Phi) is 7.20. The minimum atomic E-state index is -4.47. The van der Waals surface area contributed by atoms with Gasteiger partial charge in [0, 0.05) is 18.7 Å². The van der Waals surface area contributed by atoms with E-state index < -0.39 is 17.6 Å². The highest BCUT2D eigenvalue weighted by Gasteiger charge is 2.30. The molecule has 1 aromatic heterocycles. The number of halogens is 3. The molecule has 3 aromatic rings. The van der Waals surface area contributed by atoms with Gasteiger partial charge in [-0.25, -0.2) is 4.68 Å². The number of hydrogen-bond acceptors (Lipinski definition) is 3. The Morgan fingerprint density at radius 1 is 1.09 bits per heavy atom. The van der Waals surface area contributed by atoms with Gasteiger partial charge in [0.25, 0.3) is 5.91 Å². The molecule has 2 aromatic carbocycles. The largest absolute Gasteiger partial charge is 0.416 e. The molecule has 0 radical (unpaired) electrons. The molecule has 174 valence electrons. The van der Waals surface area contributed by atoms with E-state index >= 15 is 0 Å². The van der Waals surface area contributed by atoms with Crippen molar-refractivity contribution in [2.75, 3.05) is 5.32 Å². The number of alkyl halides is 3. The molecule has 0 saturated carbocycles. The monoisotopic (exact) mass is 458 g/mol. The molecule has 2 amide bonds. The Balaban J connectivity index is 1.69. The molecular weight excluding hydrogens is 433 g/mol. The summed E-state index contributed by atoms with van der Waals surface area (Å²) in [5.74, 6) is -0.239. The molecule has 2 N–H and O–H groups in total. The molecule has 3 rings (SSSR count). The molecule has 0 atom stereocenters. The lowest BCUT2D eigenvalue weighted by Gasteiger charge is -2.11. The first-order chi connectivity index (χ1) is 15.5. The number of carbonyl (C=O) groups excluding carboxylic acids is 2. The van der Waals surface area contributed by atoms with Gasteiger partial charge in [-0.3, -0.25) is 9.59 Å². The second-order valence-corrected chi connectivity index (χ2v) is 8.13. The van der Waals surface area contributed by atoms with E-state index in [-0.39, 0.29) is 29.6 Å². The second-order valence-electron chi connectivity index (χ2n) is 8.13. The first-order valence-corrected chi connectivity index (χ1v) is 10.4. The zero-order valence-electron chi connectivity index (χ0n) is 18.5. The molecule has 0 aliphatic carbocycles. The summed E-state index contributed by atoms with van der Waals surface area (Å²) in [6.45, 7) is 5.75. The van der Waals surface area contributed by atoms with Crippen molar-refractivity contribution in [3.63, 3.8) is 0 Å². The lowest BCUT2D eigenvalue weighted by molar-refractivity contribution is -0.137. The minimum absolute atomic E-state index is 0.0798. The van der Waals surface area contributed by atoms with Crippen LogP contribution >= 0.6 is 0 Å². The van der Waals surface area contributed by atoms with Crippen LogP contribution in [0.1, 0.15) is 47.4 Å². The molecular formula is C24H25F3N4O2. The van der Waals surface area contributed by atoms with E-state index in [9.17, 15) is 22.8 Å². The van der Waals surface area contributed by atoms with Gasteiger partial charge < -0.3 is 10.6 Å². The summed E-state index contributed by atoms with van der Waals surface area (Å²) in [7, 11) is 0. The van der Waals surface area contributed by atoms with Crippen LogP contribution in [0.25, 0.3) is 5.69 Å². The van der Waals surface area contributed by atoms with Crippen molar-refractivity contribution in [2.24, 2.45) is 5.92 Å². The SMILES string of the molecule is Cc1c(C(=O)NCc2cccc(NC(=O)CC(C)C)c2)cnn1-c1cccc(C(F)(F)F)c1. The van der Waals surface area contributed by atoms with Crippen molar-refractivity contribution in [1.82, 2.24) is 15.1 Å². The molecule has 6 nitrogen and oxygen atoms in total. The standard InChI is InChI=1S/C24H25F3N4O2/c1-15(2)10-22(32)30-19-8-4-6-17(11-19)13-28-23(33)21-14-29-31(16(21)3)20-9-5-7-18(12-20)24(25,26)27/h4-9,11-12,14-15H,10,13H2,1-3H3,(H,28,33)(H,30,32). The number of rotatable bonds is 7. The van der Waals surface area contributed by atoms with Gasteiger partial charge in [0.2, 0.25) is 5.91 Å². The van der Waals surface area contributed by atoms with Gasteiger partial charge in [-0.05, 0) is 48.7 Å². The summed E-state index contributed by atoms with van der Waals surface area (Å²) in [5.41, 5.74) is 1.53. The van der Waals surface area contributed by atoms with Crippen LogP contribution in [0.2, 0.25) is 0 Å². The van der Waals surface area contributed by atoms with Gasteiger partial charge >= 0.3 is 6.18 Å². The highest BCUT2D eigenvalue weighted by molar-refractivity contribution is 5.95. The maximum Gasteiger partial charge on any atom is 0.416 e. The second kappa shape index (κ2) is 9.89. The minimum Gasteiger partial charge on any atom is -0.348 e. The maximum absolute atomic E-state index is 13.0. The van der Waals surface area contributed by atoms with E-state index in [1.165, 1.54) is 23.0 Å². The van der Waals surface area contributed by atoms with Gasteiger partial charge in [0.15, 0.2) is 0 Å². The van der Waals surface area contributed by atoms with Crippen LogP contribution in [0, 0.1) is 12.8 Å². The third-order valence-electron chi connectivity index (χ3n) is 4.93. The molecule has 9 heteroatoms. The van der Waals surface area contributed by atoms with Crippen LogP contribution in [0.5, 0.6) is 0 Å². The van der Waals surface area contributed by atoms with Crippen molar-refractivity contribution in [1.29, 1.82) is 0 Å². The molecule has 0 unspecified atom stereocenters. The molecule has 0 spiro atoms. The summed E-state index contributed by atoms with van der Waals surface area (Å²) < 4.78 is 40.3. The van der Waals surface area contributed by atoms with Crippen molar-refractivity contribution < 1.29 is 22.8 Å². The zero-order chi connectivity index (χ0) is 24.2. The average Bonchev–Trinajstić information content (AvgIpc) is 3.12. The van der Waals surface area contributed by atoms with Crippen LogP contribution in [-0.2, 0) is 17.5 Å². The van der Waals surface area contributed by atoms with Crippen molar-refractivity contribution in [3.05, 3.63) is 77.1 Å². The van der Waals surface area contributed by atoms with Crippen LogP contribution in [-0.4, -0.2) is 21.6 Å². The fraction of sp³-hybridized carbons (Fsp3) is 0.292. The van der Waals surface area contributed by atoms with Crippen LogP contribution in [0.3, 0.4) is 0 Å². The van der Waals surface area contributed by atoms with Gasteiger partial charge in [-0.2, -0.15) is 18.3 Å². The van der Waals surface area contributed by atoms with Crippen molar-refractivity contribution in [2.45, 2.75) is 39.9 Å². The lowest BCUT2D eigenvalue weighted by Crippen LogP contribution is -2.23. The predicted molar refractivity (Wildman–Crippen MR) is 119 cm³/mol. The van der Waals surface area contributed by atoms with Crippen molar-refractivity contribution >= 4 is 17.5 Å². The smallest absolute Gasteiger partial charge is 0.348 e. The van der Waals surface area contributed by atoms with E-state index in [1.54, 1.807) is 25.1 Å². The van der Waals surface area contributed by atoms with Gasteiger partial charge in [-0.1, -0.05) is 32.0 Å². The number of amides is 2. The number of anilines is 1. The number of benzene rings is 2. The number of nitrogens with one attached hydrogen (secondary N) is 2. The Morgan fingerprint density at radius 3 is 2.52 bits per heavy atom. The van der Waals surface area contributed by atoms with E-state index in [1.807, 2.05) is 19.9 Å². The summed E-state index contributed by atoms with van der Waals surface area (Å²) >= 11 is 0. The van der Waals surface area contributed by atoms with E-state index in [4.69, 9.17) is 0 Å². The number of aromatic nitrogens is 2. The van der Waals surface area contributed by atoms with Gasteiger partial charge in [0.1, 0.15) is 0 Å². The highest BCUT2D eigenvalue weighted by atomic mass is 19.4. The van der Waals surface area contributed by atoms with Crippen molar-refractivity contribution in [3.8, 4) is 5.69 Å². The Labute approximate surface area is 189 Å². The summed E-state index contributed by atoms with van der Waals surface area (Å²) in [6.07, 6.45) is -2.73. The first-order valence-electron chi connectivity index (χ1n) is 10.4. The fourth-order valence-electron chi connectivity index (χ4n) is 3.33. The Hall–Kier alpha value is -3.62. The topological polar surface area (TPSA) is 76.0 Å². The Bertz CT molecular complexity index is 1150. The molecule has 0 aliphatic heterocycles. The lowest BCUT2D eigenvalue weighted by atomic mass is 10.1. The Morgan fingerprint density at radius 2 is 1.82 bits per heavy atom. The number of hydrogen-bond donors (Lipinski definition) is 2. The number of nitrogens with zero attached hydrogens (tertiary/aromatic N) is 2. The summed E-state index contributed by atoms with van der Waals surface area (Å²) in [6, 6.07) is 11.9. The van der Waals surface area contributed by atoms with E-state index in [0.717, 1.165) is 17.7 Å². The first kappa shape index (κ1) is 24.0. The van der Waals surface area contributed by atoms with E-state index in [0.29, 0.717) is 17.8 Å². The quantitative estimate of drug-likeness (QED) is 0.516. The van der Waals surface area contributed by atoms with Gasteiger partial charge in [0.05, 0.1) is 28.7 Å². The normalized spacial score (nSPS) is 11.5. The van der Waals surface area contributed by atoms with Crippen LogP contribution < -0.4 is 10.6 Å². The van der Waals surface area contributed by atoms with Crippen LogP contribution in [0.15, 0.2) is 54.7 Å². The molecule has 33 heavy (non-hydrogen) atoms. The van der Waals surface area contributed by atoms with E-state index in [2.05, 4.69) is 15.7 Å². The third kappa shape index (κ3) is 6.21. The zero-order valence-corrected chi connectivity index (χ0v) is 18.5. The highest BCUT2D eigenvalue weighted by Crippen LogP contribution is 2.30. The third-order valence-corrected chi connectivity index (χ3v) is 4.93. The molecule has 0 aliphatic rings. The maximum atomic E-state index is 13.0. The molecule has 0 fully saturated rings. The van der Waals surface area contributed by atoms with Crippen LogP contribution in [0.4, 0.5) is 18.9 Å². The average molecular weight is 458 g/mol. The summed E-state index contributed by atoms with van der Waals surface area (Å²) in [4.78, 5) is 24.6. The molecule has 0 saturated heterocycles. The molecule has 1 heterocycles. The molecule has 0 bridgehead atoms. The fourth-order valence-corrected chi connectivity index (χ4v) is 3.33. The number of carbonyl (C=O) groups is 2.